The van der Waals surface area contributed by atoms with Crippen molar-refractivity contribution in [1.29, 1.82) is 10.5 Å². The second kappa shape index (κ2) is 9.54. The third kappa shape index (κ3) is 4.96. The molecule has 2 aromatic heterocycles. The van der Waals surface area contributed by atoms with Crippen molar-refractivity contribution in [2.75, 3.05) is 4.72 Å². The smallest absolute Gasteiger partial charge is 0.299 e. The highest BCUT2D eigenvalue weighted by Crippen LogP contribution is 2.45. The normalized spacial score (nSPS) is 13.3. The van der Waals surface area contributed by atoms with Gasteiger partial charge >= 0.3 is 0 Å². The van der Waals surface area contributed by atoms with Gasteiger partial charge in [-0.25, -0.2) is 9.97 Å². The summed E-state index contributed by atoms with van der Waals surface area (Å²) in [5.74, 6) is 0.585. The van der Waals surface area contributed by atoms with Crippen molar-refractivity contribution in [3.63, 3.8) is 0 Å². The minimum absolute atomic E-state index is 0.0814. The molecule has 10 nitrogen and oxygen atoms in total. The van der Waals surface area contributed by atoms with Crippen molar-refractivity contribution in [3.05, 3.63) is 66.1 Å². The van der Waals surface area contributed by atoms with Gasteiger partial charge < -0.3 is 9.30 Å². The zero-order valence-corrected chi connectivity index (χ0v) is 21.0. The lowest BCUT2D eigenvalue weighted by Gasteiger charge is -2.13. The standard InChI is InChI=1S/C26H23N7O3S/c1-16(2)31-37(34,35)32-18-5-3-17(4-6-18)25-22(14-27)21-10-9-20(13-24(21)33(25)19-7-8-19)36-26-23(15-28)29-11-12-30-26/h3-6,9-13,16,19,31-32H,7-8H2,1-2H3. The summed E-state index contributed by atoms with van der Waals surface area (Å²) in [6.45, 7) is 3.49. The van der Waals surface area contributed by atoms with E-state index in [0.717, 1.165) is 35.0 Å². The van der Waals surface area contributed by atoms with E-state index in [-0.39, 0.29) is 23.7 Å². The molecule has 0 atom stereocenters. The molecule has 11 heteroatoms. The summed E-state index contributed by atoms with van der Waals surface area (Å²) in [4.78, 5) is 8.09. The van der Waals surface area contributed by atoms with E-state index < -0.39 is 10.2 Å². The molecular formula is C26H23N7O3S. The molecule has 1 aliphatic rings. The van der Waals surface area contributed by atoms with Crippen molar-refractivity contribution < 1.29 is 13.2 Å². The lowest BCUT2D eigenvalue weighted by molar-refractivity contribution is 0.458. The van der Waals surface area contributed by atoms with Crippen LogP contribution >= 0.6 is 0 Å². The fraction of sp³-hybridized carbons (Fsp3) is 0.231. The molecule has 37 heavy (non-hydrogen) atoms. The van der Waals surface area contributed by atoms with E-state index in [0.29, 0.717) is 17.0 Å². The van der Waals surface area contributed by atoms with Crippen LogP contribution in [0.1, 0.15) is 44.0 Å². The average Bonchev–Trinajstić information content (AvgIpc) is 3.65. The predicted octanol–water partition coefficient (Wildman–Crippen LogP) is 4.62. The highest BCUT2D eigenvalue weighted by molar-refractivity contribution is 7.90. The number of ether oxygens (including phenoxy) is 1. The fourth-order valence-corrected chi connectivity index (χ4v) is 5.37. The Morgan fingerprint density at radius 2 is 1.78 bits per heavy atom. The SMILES string of the molecule is CC(C)NS(=O)(=O)Nc1ccc(-c2c(C#N)c3ccc(Oc4nccnc4C#N)cc3n2C2CC2)cc1. The number of anilines is 1. The van der Waals surface area contributed by atoms with E-state index in [1.54, 1.807) is 44.2 Å². The molecule has 4 aromatic rings. The lowest BCUT2D eigenvalue weighted by atomic mass is 10.1. The number of aromatic nitrogens is 3. The Bertz CT molecular complexity index is 1680. The van der Waals surface area contributed by atoms with Gasteiger partial charge in [0.1, 0.15) is 17.9 Å². The third-order valence-electron chi connectivity index (χ3n) is 5.79. The Balaban J connectivity index is 1.55. The zero-order valence-electron chi connectivity index (χ0n) is 20.1. The summed E-state index contributed by atoms with van der Waals surface area (Å²) < 4.78 is 37.5. The number of nitrogens with one attached hydrogen (secondary N) is 2. The minimum Gasteiger partial charge on any atom is -0.436 e. The Morgan fingerprint density at radius 3 is 2.43 bits per heavy atom. The van der Waals surface area contributed by atoms with Gasteiger partial charge in [0.15, 0.2) is 0 Å². The summed E-state index contributed by atoms with van der Waals surface area (Å²) in [6.07, 6.45) is 4.84. The molecule has 1 saturated carbocycles. The summed E-state index contributed by atoms with van der Waals surface area (Å²) in [5, 5.41) is 20.2. The molecule has 0 spiro atoms. The van der Waals surface area contributed by atoms with Gasteiger partial charge in [-0.3, -0.25) is 4.72 Å². The molecule has 0 saturated heterocycles. The maximum atomic E-state index is 12.2. The second-order valence-corrected chi connectivity index (χ2v) is 10.4. The average molecular weight is 514 g/mol. The number of nitriles is 2. The molecule has 2 N–H and O–H groups in total. The van der Waals surface area contributed by atoms with Crippen molar-refractivity contribution in [3.8, 4) is 35.0 Å². The first-order chi connectivity index (χ1) is 17.8. The maximum absolute atomic E-state index is 12.2. The van der Waals surface area contributed by atoms with Crippen LogP contribution in [0.2, 0.25) is 0 Å². The van der Waals surface area contributed by atoms with Gasteiger partial charge in [0.05, 0.1) is 16.8 Å². The minimum atomic E-state index is -3.69. The quantitative estimate of drug-likeness (QED) is 0.349. The van der Waals surface area contributed by atoms with Crippen LogP contribution in [-0.2, 0) is 10.2 Å². The van der Waals surface area contributed by atoms with Crippen LogP contribution in [0.15, 0.2) is 54.9 Å². The first-order valence-corrected chi connectivity index (χ1v) is 13.2. The van der Waals surface area contributed by atoms with E-state index in [2.05, 4.69) is 30.0 Å². The molecule has 1 fully saturated rings. The van der Waals surface area contributed by atoms with Crippen LogP contribution in [0.3, 0.4) is 0 Å². The summed E-state index contributed by atoms with van der Waals surface area (Å²) in [5.41, 5.74) is 3.42. The van der Waals surface area contributed by atoms with Crippen LogP contribution in [0, 0.1) is 22.7 Å². The van der Waals surface area contributed by atoms with Crippen molar-refractivity contribution in [2.45, 2.75) is 38.8 Å². The molecular weight excluding hydrogens is 490 g/mol. The predicted molar refractivity (Wildman–Crippen MR) is 138 cm³/mol. The molecule has 5 rings (SSSR count). The molecule has 0 unspecified atom stereocenters. The Morgan fingerprint density at radius 1 is 1.05 bits per heavy atom. The highest BCUT2D eigenvalue weighted by Gasteiger charge is 2.31. The van der Waals surface area contributed by atoms with E-state index >= 15 is 0 Å². The number of rotatable bonds is 8. The molecule has 186 valence electrons. The van der Waals surface area contributed by atoms with Gasteiger partial charge in [-0.1, -0.05) is 12.1 Å². The van der Waals surface area contributed by atoms with E-state index in [1.165, 1.54) is 12.4 Å². The number of benzene rings is 2. The summed E-state index contributed by atoms with van der Waals surface area (Å²) in [7, 11) is -3.69. The monoisotopic (exact) mass is 513 g/mol. The van der Waals surface area contributed by atoms with Crippen molar-refractivity contribution in [2.24, 2.45) is 0 Å². The first kappa shape index (κ1) is 24.3. The summed E-state index contributed by atoms with van der Waals surface area (Å²) in [6, 6.07) is 16.7. The first-order valence-electron chi connectivity index (χ1n) is 11.7. The zero-order chi connectivity index (χ0) is 26.2. The number of hydrogen-bond acceptors (Lipinski definition) is 7. The van der Waals surface area contributed by atoms with E-state index in [4.69, 9.17) is 4.74 Å². The molecule has 1 aliphatic carbocycles. The number of hydrogen-bond donors (Lipinski definition) is 2. The van der Waals surface area contributed by atoms with Crippen molar-refractivity contribution >= 4 is 26.8 Å². The lowest BCUT2D eigenvalue weighted by Crippen LogP contribution is -2.35. The second-order valence-electron chi connectivity index (χ2n) is 8.99. The van der Waals surface area contributed by atoms with Crippen LogP contribution < -0.4 is 14.2 Å². The van der Waals surface area contributed by atoms with Crippen LogP contribution in [-0.4, -0.2) is 29.0 Å². The molecule has 2 aromatic carbocycles. The Labute approximate surface area is 214 Å². The molecule has 0 amide bonds. The highest BCUT2D eigenvalue weighted by atomic mass is 32.2. The molecule has 0 radical (unpaired) electrons. The third-order valence-corrected chi connectivity index (χ3v) is 7.07. The van der Waals surface area contributed by atoms with Gasteiger partial charge in [0.2, 0.25) is 5.69 Å². The van der Waals surface area contributed by atoms with Crippen LogP contribution in [0.25, 0.3) is 22.2 Å². The Kier molecular flexibility index (Phi) is 6.25. The van der Waals surface area contributed by atoms with Crippen LogP contribution in [0.5, 0.6) is 11.6 Å². The topological polar surface area (TPSA) is 146 Å². The van der Waals surface area contributed by atoms with Gasteiger partial charge in [0, 0.05) is 41.6 Å². The largest absolute Gasteiger partial charge is 0.436 e. The number of nitrogens with zero attached hydrogens (tertiary/aromatic N) is 5. The Hall–Kier alpha value is -4.45. The maximum Gasteiger partial charge on any atom is 0.299 e. The van der Waals surface area contributed by atoms with Crippen molar-refractivity contribution in [1.82, 2.24) is 19.3 Å². The van der Waals surface area contributed by atoms with E-state index in [1.807, 2.05) is 18.2 Å². The summed E-state index contributed by atoms with van der Waals surface area (Å²) >= 11 is 0. The van der Waals surface area contributed by atoms with E-state index in [9.17, 15) is 18.9 Å². The fourth-order valence-electron chi connectivity index (χ4n) is 4.24. The molecule has 0 bridgehead atoms. The molecule has 2 heterocycles. The van der Waals surface area contributed by atoms with Gasteiger partial charge in [-0.15, -0.1) is 0 Å². The molecule has 0 aliphatic heterocycles. The van der Waals surface area contributed by atoms with Gasteiger partial charge in [-0.05, 0) is 56.5 Å². The number of fused-ring (bicyclic) bond motifs is 1. The van der Waals surface area contributed by atoms with Crippen LogP contribution in [0.4, 0.5) is 5.69 Å². The van der Waals surface area contributed by atoms with Gasteiger partial charge in [-0.2, -0.15) is 23.7 Å². The van der Waals surface area contributed by atoms with Gasteiger partial charge in [0.25, 0.3) is 16.1 Å².